The van der Waals surface area contributed by atoms with Crippen molar-refractivity contribution in [2.75, 3.05) is 0 Å². The first-order chi connectivity index (χ1) is 12.4. The highest BCUT2D eigenvalue weighted by Crippen LogP contribution is 2.31. The van der Waals surface area contributed by atoms with Gasteiger partial charge in [-0.15, -0.1) is 0 Å². The zero-order valence-corrected chi connectivity index (χ0v) is 13.5. The van der Waals surface area contributed by atoms with E-state index < -0.39 is 11.7 Å². The molecule has 0 aliphatic rings. The van der Waals surface area contributed by atoms with Crippen molar-refractivity contribution in [2.45, 2.75) is 12.7 Å². The van der Waals surface area contributed by atoms with E-state index in [1.807, 2.05) is 6.07 Å². The van der Waals surface area contributed by atoms with Gasteiger partial charge in [-0.1, -0.05) is 18.2 Å². The van der Waals surface area contributed by atoms with Crippen molar-refractivity contribution in [1.82, 2.24) is 15.3 Å². The molecule has 0 spiro atoms. The van der Waals surface area contributed by atoms with Crippen LogP contribution in [0.2, 0.25) is 0 Å². The Balaban J connectivity index is 1.71. The number of hydrogen-bond donors (Lipinski definition) is 1. The van der Waals surface area contributed by atoms with Crippen molar-refractivity contribution >= 4 is 5.91 Å². The van der Waals surface area contributed by atoms with Gasteiger partial charge in [0.2, 0.25) is 0 Å². The monoisotopic (exact) mass is 357 g/mol. The molecule has 2 heterocycles. The fourth-order valence-corrected chi connectivity index (χ4v) is 2.33. The lowest BCUT2D eigenvalue weighted by atomic mass is 10.1. The Morgan fingerprint density at radius 2 is 1.73 bits per heavy atom. The predicted molar refractivity (Wildman–Crippen MR) is 90.1 cm³/mol. The zero-order valence-electron chi connectivity index (χ0n) is 13.5. The number of amides is 1. The molecule has 0 saturated heterocycles. The number of halogens is 3. The standard InChI is InChI=1S/C19H14F3N3O/c20-19(21,22)15-8-10-24-17(11-15)13-4-6-14(7-5-13)18(26)25-12-16-3-1-2-9-23-16/h1-11H,12H2,(H,25,26). The fourth-order valence-electron chi connectivity index (χ4n) is 2.33. The summed E-state index contributed by atoms with van der Waals surface area (Å²) in [4.78, 5) is 20.2. The molecule has 132 valence electrons. The van der Waals surface area contributed by atoms with Gasteiger partial charge >= 0.3 is 6.18 Å². The van der Waals surface area contributed by atoms with Crippen LogP contribution in [0.1, 0.15) is 21.6 Å². The largest absolute Gasteiger partial charge is 0.416 e. The molecule has 0 saturated carbocycles. The molecule has 4 nitrogen and oxygen atoms in total. The number of carbonyl (C=O) groups excluding carboxylic acids is 1. The Morgan fingerprint density at radius 3 is 2.38 bits per heavy atom. The second-order valence-electron chi connectivity index (χ2n) is 5.51. The van der Waals surface area contributed by atoms with Crippen LogP contribution in [-0.4, -0.2) is 15.9 Å². The van der Waals surface area contributed by atoms with Gasteiger partial charge in [0, 0.05) is 23.5 Å². The highest BCUT2D eigenvalue weighted by molar-refractivity contribution is 5.94. The van der Waals surface area contributed by atoms with Gasteiger partial charge in [-0.05, 0) is 36.4 Å². The SMILES string of the molecule is O=C(NCc1ccccn1)c1ccc(-c2cc(C(F)(F)F)ccn2)cc1. The van der Waals surface area contributed by atoms with Crippen molar-refractivity contribution < 1.29 is 18.0 Å². The Morgan fingerprint density at radius 1 is 0.962 bits per heavy atom. The minimum atomic E-state index is -4.43. The average Bonchev–Trinajstić information content (AvgIpc) is 2.66. The molecule has 7 heteroatoms. The van der Waals surface area contributed by atoms with E-state index in [0.717, 1.165) is 24.0 Å². The topological polar surface area (TPSA) is 54.9 Å². The molecule has 0 aliphatic heterocycles. The number of pyridine rings is 2. The summed E-state index contributed by atoms with van der Waals surface area (Å²) in [5.74, 6) is -0.292. The van der Waals surface area contributed by atoms with E-state index in [0.29, 0.717) is 11.1 Å². The average molecular weight is 357 g/mol. The normalized spacial score (nSPS) is 11.2. The molecule has 1 amide bonds. The highest BCUT2D eigenvalue weighted by Gasteiger charge is 2.30. The van der Waals surface area contributed by atoms with Crippen molar-refractivity contribution in [3.05, 3.63) is 83.8 Å². The predicted octanol–water partition coefficient (Wildman–Crippen LogP) is 4.09. The van der Waals surface area contributed by atoms with Crippen LogP contribution in [0.15, 0.2) is 67.0 Å². The molecular formula is C19H14F3N3O. The second-order valence-corrected chi connectivity index (χ2v) is 5.51. The Bertz CT molecular complexity index is 894. The van der Waals surface area contributed by atoms with Crippen molar-refractivity contribution in [2.24, 2.45) is 0 Å². The van der Waals surface area contributed by atoms with Gasteiger partial charge < -0.3 is 5.32 Å². The quantitative estimate of drug-likeness (QED) is 0.765. The van der Waals surface area contributed by atoms with Crippen LogP contribution >= 0.6 is 0 Å². The maximum Gasteiger partial charge on any atom is 0.416 e. The van der Waals surface area contributed by atoms with E-state index in [-0.39, 0.29) is 18.1 Å². The van der Waals surface area contributed by atoms with E-state index in [1.165, 1.54) is 0 Å². The first-order valence-electron chi connectivity index (χ1n) is 7.75. The van der Waals surface area contributed by atoms with Crippen LogP contribution in [0, 0.1) is 0 Å². The van der Waals surface area contributed by atoms with Crippen molar-refractivity contribution in [3.63, 3.8) is 0 Å². The van der Waals surface area contributed by atoms with Crippen LogP contribution in [0.3, 0.4) is 0 Å². The Kier molecular flexibility index (Phi) is 4.97. The van der Waals surface area contributed by atoms with Gasteiger partial charge in [0.15, 0.2) is 0 Å². The lowest BCUT2D eigenvalue weighted by Gasteiger charge is -2.09. The highest BCUT2D eigenvalue weighted by atomic mass is 19.4. The van der Waals surface area contributed by atoms with Crippen molar-refractivity contribution in [3.8, 4) is 11.3 Å². The first-order valence-corrected chi connectivity index (χ1v) is 7.75. The number of alkyl halides is 3. The van der Waals surface area contributed by atoms with E-state index in [1.54, 1.807) is 42.6 Å². The van der Waals surface area contributed by atoms with Crippen LogP contribution in [0.4, 0.5) is 13.2 Å². The third kappa shape index (κ3) is 4.24. The molecule has 3 aromatic rings. The lowest BCUT2D eigenvalue weighted by Crippen LogP contribution is -2.23. The number of nitrogens with one attached hydrogen (secondary N) is 1. The minimum absolute atomic E-state index is 0.195. The molecule has 0 unspecified atom stereocenters. The third-order valence-corrected chi connectivity index (χ3v) is 3.69. The summed E-state index contributed by atoms with van der Waals surface area (Å²) < 4.78 is 38.4. The zero-order chi connectivity index (χ0) is 18.6. The smallest absolute Gasteiger partial charge is 0.346 e. The summed E-state index contributed by atoms with van der Waals surface area (Å²) in [6.07, 6.45) is -1.67. The maximum atomic E-state index is 12.8. The van der Waals surface area contributed by atoms with Crippen molar-refractivity contribution in [1.29, 1.82) is 0 Å². The molecule has 0 radical (unpaired) electrons. The summed E-state index contributed by atoms with van der Waals surface area (Å²) in [7, 11) is 0. The molecule has 0 atom stereocenters. The van der Waals surface area contributed by atoms with E-state index >= 15 is 0 Å². The summed E-state index contributed by atoms with van der Waals surface area (Å²) in [5.41, 5.74) is 1.06. The van der Waals surface area contributed by atoms with Crippen LogP contribution in [0.5, 0.6) is 0 Å². The molecular weight excluding hydrogens is 343 g/mol. The van der Waals surface area contributed by atoms with Gasteiger partial charge in [0.1, 0.15) is 0 Å². The molecule has 0 fully saturated rings. The first kappa shape index (κ1) is 17.6. The van der Waals surface area contributed by atoms with Gasteiger partial charge in [0.05, 0.1) is 23.5 Å². The van der Waals surface area contributed by atoms with Crippen LogP contribution < -0.4 is 5.32 Å². The molecule has 1 N–H and O–H groups in total. The van der Waals surface area contributed by atoms with Crippen LogP contribution in [-0.2, 0) is 12.7 Å². The number of carbonyl (C=O) groups is 1. The summed E-state index contributed by atoms with van der Waals surface area (Å²) in [5, 5.41) is 2.74. The second kappa shape index (κ2) is 7.35. The maximum absolute atomic E-state index is 12.8. The third-order valence-electron chi connectivity index (χ3n) is 3.69. The number of hydrogen-bond acceptors (Lipinski definition) is 3. The molecule has 26 heavy (non-hydrogen) atoms. The lowest BCUT2D eigenvalue weighted by molar-refractivity contribution is -0.137. The summed E-state index contributed by atoms with van der Waals surface area (Å²) in [6.45, 7) is 0.288. The minimum Gasteiger partial charge on any atom is -0.346 e. The van der Waals surface area contributed by atoms with Gasteiger partial charge in [-0.25, -0.2) is 0 Å². The van der Waals surface area contributed by atoms with E-state index in [9.17, 15) is 18.0 Å². The fraction of sp³-hybridized carbons (Fsp3) is 0.105. The Hall–Kier alpha value is -3.22. The molecule has 0 aliphatic carbocycles. The van der Waals surface area contributed by atoms with Gasteiger partial charge in [0.25, 0.3) is 5.91 Å². The van der Waals surface area contributed by atoms with Gasteiger partial charge in [-0.3, -0.25) is 14.8 Å². The number of nitrogens with zero attached hydrogens (tertiary/aromatic N) is 2. The number of aromatic nitrogens is 2. The van der Waals surface area contributed by atoms with E-state index in [4.69, 9.17) is 0 Å². The Labute approximate surface area is 147 Å². The summed E-state index contributed by atoms with van der Waals surface area (Å²) in [6, 6.07) is 13.5. The molecule has 1 aromatic carbocycles. The number of benzene rings is 1. The summed E-state index contributed by atoms with van der Waals surface area (Å²) >= 11 is 0. The number of rotatable bonds is 4. The van der Waals surface area contributed by atoms with Gasteiger partial charge in [-0.2, -0.15) is 13.2 Å². The van der Waals surface area contributed by atoms with Crippen LogP contribution in [0.25, 0.3) is 11.3 Å². The molecule has 2 aromatic heterocycles. The molecule has 3 rings (SSSR count). The van der Waals surface area contributed by atoms with E-state index in [2.05, 4.69) is 15.3 Å². The molecule has 0 bridgehead atoms.